The third-order valence-electron chi connectivity index (χ3n) is 3.63. The van der Waals surface area contributed by atoms with Crippen molar-refractivity contribution < 1.29 is 14.3 Å². The maximum absolute atomic E-state index is 11.2. The molecule has 2 N–H and O–H groups in total. The lowest BCUT2D eigenvalue weighted by molar-refractivity contribution is -0.121. The predicted molar refractivity (Wildman–Crippen MR) is 79.8 cm³/mol. The van der Waals surface area contributed by atoms with E-state index in [1.165, 1.54) is 0 Å². The molecule has 0 radical (unpaired) electrons. The van der Waals surface area contributed by atoms with E-state index in [0.29, 0.717) is 11.5 Å². The van der Waals surface area contributed by atoms with Crippen molar-refractivity contribution in [3.05, 3.63) is 22.2 Å². The molecule has 2 rings (SSSR count). The summed E-state index contributed by atoms with van der Waals surface area (Å²) in [6, 6.07) is 3.89. The molecule has 0 unspecified atom stereocenters. The number of carbonyl (C=O) groups excluding carboxylic acids is 1. The van der Waals surface area contributed by atoms with Gasteiger partial charge in [0.2, 0.25) is 5.91 Å². The Morgan fingerprint density at radius 2 is 2.20 bits per heavy atom. The average molecular weight is 343 g/mol. The van der Waals surface area contributed by atoms with Crippen molar-refractivity contribution >= 4 is 21.8 Å². The van der Waals surface area contributed by atoms with Crippen LogP contribution < -0.4 is 15.2 Å². The quantitative estimate of drug-likeness (QED) is 0.885. The van der Waals surface area contributed by atoms with Gasteiger partial charge in [-0.25, -0.2) is 0 Å². The minimum atomic E-state index is -0.209. The second kappa shape index (κ2) is 6.45. The first-order valence-corrected chi connectivity index (χ1v) is 7.27. The van der Waals surface area contributed by atoms with Crippen molar-refractivity contribution in [2.75, 3.05) is 27.3 Å². The number of nitrogens with two attached hydrogens (primary N) is 1. The number of hydrogen-bond donors (Lipinski definition) is 1. The summed E-state index contributed by atoms with van der Waals surface area (Å²) in [5.41, 5.74) is 6.46. The fourth-order valence-corrected chi connectivity index (χ4v) is 3.12. The molecule has 1 aromatic rings. The van der Waals surface area contributed by atoms with Gasteiger partial charge in [0.25, 0.3) is 0 Å². The van der Waals surface area contributed by atoms with Gasteiger partial charge in [-0.3, -0.25) is 9.69 Å². The molecular weight excluding hydrogens is 324 g/mol. The molecule has 1 aliphatic heterocycles. The fourth-order valence-electron chi connectivity index (χ4n) is 2.50. The monoisotopic (exact) mass is 342 g/mol. The molecule has 6 heteroatoms. The molecule has 0 aromatic heterocycles. The highest BCUT2D eigenvalue weighted by molar-refractivity contribution is 9.10. The number of carbonyl (C=O) groups is 1. The first-order valence-electron chi connectivity index (χ1n) is 6.47. The fraction of sp³-hybridized carbons (Fsp3) is 0.500. The van der Waals surface area contributed by atoms with E-state index in [1.807, 2.05) is 12.1 Å². The molecule has 1 aromatic carbocycles. The Kier molecular flexibility index (Phi) is 4.88. The summed E-state index contributed by atoms with van der Waals surface area (Å²) in [4.78, 5) is 13.4. The molecule has 1 fully saturated rings. The topological polar surface area (TPSA) is 64.8 Å². The van der Waals surface area contributed by atoms with E-state index >= 15 is 0 Å². The van der Waals surface area contributed by atoms with Crippen LogP contribution in [0.1, 0.15) is 12.0 Å². The van der Waals surface area contributed by atoms with E-state index in [2.05, 4.69) is 20.8 Å². The van der Waals surface area contributed by atoms with Crippen LogP contribution in [0.4, 0.5) is 0 Å². The van der Waals surface area contributed by atoms with Crippen LogP contribution in [0.3, 0.4) is 0 Å². The SMILES string of the molecule is COc1ccc(CN2CC[C@H](C(N)=O)C2)c(Br)c1OC. The summed E-state index contributed by atoms with van der Waals surface area (Å²) < 4.78 is 11.5. The Bertz CT molecular complexity index is 507. The number of ether oxygens (including phenoxy) is 2. The molecule has 0 bridgehead atoms. The largest absolute Gasteiger partial charge is 0.493 e. The Morgan fingerprint density at radius 3 is 2.75 bits per heavy atom. The Hall–Kier alpha value is -1.27. The highest BCUT2D eigenvalue weighted by Crippen LogP contribution is 2.38. The number of likely N-dealkylation sites (tertiary alicyclic amines) is 1. The highest BCUT2D eigenvalue weighted by atomic mass is 79.9. The average Bonchev–Trinajstić information content (AvgIpc) is 2.89. The number of halogens is 1. The van der Waals surface area contributed by atoms with Crippen LogP contribution >= 0.6 is 15.9 Å². The number of methoxy groups -OCH3 is 2. The van der Waals surface area contributed by atoms with Crippen LogP contribution in [0.15, 0.2) is 16.6 Å². The Morgan fingerprint density at radius 1 is 1.45 bits per heavy atom. The second-order valence-corrected chi connectivity index (χ2v) is 5.69. The zero-order valence-corrected chi connectivity index (χ0v) is 13.3. The number of nitrogens with zero attached hydrogens (tertiary/aromatic N) is 1. The van der Waals surface area contributed by atoms with Gasteiger partial charge in [0, 0.05) is 13.1 Å². The van der Waals surface area contributed by atoms with Gasteiger partial charge in [-0.1, -0.05) is 6.07 Å². The maximum Gasteiger partial charge on any atom is 0.221 e. The number of amides is 1. The van der Waals surface area contributed by atoms with E-state index < -0.39 is 0 Å². The molecule has 1 atom stereocenters. The number of rotatable bonds is 5. The second-order valence-electron chi connectivity index (χ2n) is 4.90. The van der Waals surface area contributed by atoms with Gasteiger partial charge in [0.15, 0.2) is 11.5 Å². The minimum absolute atomic E-state index is 0.0334. The van der Waals surface area contributed by atoms with Crippen molar-refractivity contribution in [1.29, 1.82) is 0 Å². The van der Waals surface area contributed by atoms with Crippen LogP contribution in [0.25, 0.3) is 0 Å². The van der Waals surface area contributed by atoms with Crippen molar-refractivity contribution in [3.63, 3.8) is 0 Å². The van der Waals surface area contributed by atoms with Gasteiger partial charge >= 0.3 is 0 Å². The molecule has 1 saturated heterocycles. The first kappa shape index (κ1) is 15.1. The van der Waals surface area contributed by atoms with Gasteiger partial charge in [-0.15, -0.1) is 0 Å². The molecule has 1 heterocycles. The summed E-state index contributed by atoms with van der Waals surface area (Å²) in [6.07, 6.45) is 0.834. The minimum Gasteiger partial charge on any atom is -0.493 e. The van der Waals surface area contributed by atoms with Gasteiger partial charge in [0.05, 0.1) is 24.6 Å². The lowest BCUT2D eigenvalue weighted by atomic mass is 10.1. The molecule has 5 nitrogen and oxygen atoms in total. The summed E-state index contributed by atoms with van der Waals surface area (Å²) in [7, 11) is 3.23. The Balaban J connectivity index is 2.13. The van der Waals surface area contributed by atoms with E-state index in [4.69, 9.17) is 15.2 Å². The van der Waals surface area contributed by atoms with Crippen LogP contribution in [0, 0.1) is 5.92 Å². The molecule has 1 amide bonds. The van der Waals surface area contributed by atoms with Crippen molar-refractivity contribution in [1.82, 2.24) is 4.90 Å². The zero-order valence-electron chi connectivity index (χ0n) is 11.7. The van der Waals surface area contributed by atoms with E-state index in [1.54, 1.807) is 14.2 Å². The standard InChI is InChI=1S/C14H19BrN2O3/c1-19-11-4-3-9(12(15)13(11)20-2)7-17-6-5-10(8-17)14(16)18/h3-4,10H,5-8H2,1-2H3,(H2,16,18)/t10-/m0/s1. The smallest absolute Gasteiger partial charge is 0.221 e. The van der Waals surface area contributed by atoms with Crippen molar-refractivity contribution in [2.45, 2.75) is 13.0 Å². The number of primary amides is 1. The van der Waals surface area contributed by atoms with Crippen LogP contribution in [-0.4, -0.2) is 38.1 Å². The number of hydrogen-bond acceptors (Lipinski definition) is 4. The normalized spacial score (nSPS) is 19.1. The van der Waals surface area contributed by atoms with Crippen LogP contribution in [0.2, 0.25) is 0 Å². The molecule has 0 aliphatic carbocycles. The third-order valence-corrected chi connectivity index (χ3v) is 4.50. The third kappa shape index (κ3) is 3.07. The van der Waals surface area contributed by atoms with E-state index in [9.17, 15) is 4.79 Å². The molecule has 20 heavy (non-hydrogen) atoms. The number of benzene rings is 1. The van der Waals surface area contributed by atoms with Gasteiger partial charge in [-0.05, 0) is 40.5 Å². The summed E-state index contributed by atoms with van der Waals surface area (Å²) in [5.74, 6) is 1.14. The lowest BCUT2D eigenvalue weighted by Crippen LogP contribution is -2.27. The van der Waals surface area contributed by atoms with Crippen LogP contribution in [-0.2, 0) is 11.3 Å². The summed E-state index contributed by atoms with van der Waals surface area (Å²) >= 11 is 3.56. The maximum atomic E-state index is 11.2. The Labute approximate surface area is 127 Å². The highest BCUT2D eigenvalue weighted by Gasteiger charge is 2.27. The van der Waals surface area contributed by atoms with Crippen LogP contribution in [0.5, 0.6) is 11.5 Å². The molecule has 0 spiro atoms. The molecule has 110 valence electrons. The van der Waals surface area contributed by atoms with E-state index in [0.717, 1.165) is 36.1 Å². The van der Waals surface area contributed by atoms with E-state index in [-0.39, 0.29) is 11.8 Å². The van der Waals surface area contributed by atoms with Crippen molar-refractivity contribution in [2.24, 2.45) is 11.7 Å². The lowest BCUT2D eigenvalue weighted by Gasteiger charge is -2.18. The predicted octanol–water partition coefficient (Wildman–Crippen LogP) is 1.77. The van der Waals surface area contributed by atoms with Crippen molar-refractivity contribution in [3.8, 4) is 11.5 Å². The molecule has 0 saturated carbocycles. The molecular formula is C14H19BrN2O3. The first-order chi connectivity index (χ1) is 9.56. The molecule has 1 aliphatic rings. The zero-order chi connectivity index (χ0) is 14.7. The summed E-state index contributed by atoms with van der Waals surface area (Å²) in [6.45, 7) is 2.36. The van der Waals surface area contributed by atoms with Gasteiger partial charge < -0.3 is 15.2 Å². The van der Waals surface area contributed by atoms with Gasteiger partial charge in [0.1, 0.15) is 0 Å². The summed E-state index contributed by atoms with van der Waals surface area (Å²) in [5, 5.41) is 0. The van der Waals surface area contributed by atoms with Gasteiger partial charge in [-0.2, -0.15) is 0 Å².